The zero-order valence-electron chi connectivity index (χ0n) is 9.00. The van der Waals surface area contributed by atoms with Crippen LogP contribution in [0.3, 0.4) is 0 Å². The zero-order valence-corrected chi connectivity index (χ0v) is 9.81. The maximum atomic E-state index is 11.8. The minimum Gasteiger partial charge on any atom is -0.480 e. The number of nitrogens with two attached hydrogens (primary N) is 1. The minimum absolute atomic E-state index is 0.177. The number of carboxylic acid groups (broad SMARTS) is 1. The van der Waals surface area contributed by atoms with E-state index in [9.17, 15) is 22.2 Å². The molecule has 0 aliphatic carbocycles. The van der Waals surface area contributed by atoms with Crippen molar-refractivity contribution in [2.75, 3.05) is 11.5 Å². The van der Waals surface area contributed by atoms with Crippen LogP contribution < -0.4 is 5.73 Å². The van der Waals surface area contributed by atoms with Crippen LogP contribution in [0, 0.1) is 4.78 Å². The van der Waals surface area contributed by atoms with Crippen molar-refractivity contribution in [3.8, 4) is 0 Å². The molecule has 0 aromatic rings. The maximum Gasteiger partial charge on any atom is 0.389 e. The Morgan fingerprint density at radius 2 is 1.94 bits per heavy atom. The van der Waals surface area contributed by atoms with Crippen LogP contribution in [0.4, 0.5) is 13.2 Å². The molecule has 1 unspecified atom stereocenters. The molecule has 102 valence electrons. The first-order chi connectivity index (χ1) is 7.53. The molecule has 0 bridgehead atoms. The monoisotopic (exact) mass is 276 g/mol. The summed E-state index contributed by atoms with van der Waals surface area (Å²) in [4.78, 5) is 10.3. The maximum absolute atomic E-state index is 11.8. The van der Waals surface area contributed by atoms with Crippen LogP contribution in [0.1, 0.15) is 19.3 Å². The zero-order chi connectivity index (χ0) is 13.7. The predicted molar refractivity (Wildman–Crippen MR) is 56.1 cm³/mol. The summed E-state index contributed by atoms with van der Waals surface area (Å²) in [6.07, 6.45) is -5.99. The number of rotatable bonds is 7. The average Bonchev–Trinajstić information content (AvgIpc) is 2.11. The lowest BCUT2D eigenvalue weighted by Gasteiger charge is -2.10. The summed E-state index contributed by atoms with van der Waals surface area (Å²) in [7, 11) is -3.18. The molecule has 0 aliphatic rings. The van der Waals surface area contributed by atoms with Gasteiger partial charge in [-0.2, -0.15) is 13.2 Å². The Labute approximate surface area is 97.2 Å². The first-order valence-electron chi connectivity index (χ1n) is 4.83. The number of halogens is 3. The molecule has 5 nitrogen and oxygen atoms in total. The smallest absolute Gasteiger partial charge is 0.389 e. The Bertz CT molecular complexity index is 354. The highest BCUT2D eigenvalue weighted by molar-refractivity contribution is 7.92. The van der Waals surface area contributed by atoms with Gasteiger partial charge in [0.1, 0.15) is 6.04 Å². The molecule has 0 saturated carbocycles. The molecule has 0 rings (SSSR count). The van der Waals surface area contributed by atoms with Crippen molar-refractivity contribution in [2.45, 2.75) is 31.5 Å². The molecular weight excluding hydrogens is 261 g/mol. The fraction of sp³-hybridized carbons (Fsp3) is 0.875. The number of hydrogen-bond donors (Lipinski definition) is 3. The van der Waals surface area contributed by atoms with E-state index >= 15 is 0 Å². The molecule has 0 aliphatic heterocycles. The highest BCUT2D eigenvalue weighted by Gasteiger charge is 2.27. The van der Waals surface area contributed by atoms with Gasteiger partial charge in [-0.1, -0.05) is 0 Å². The van der Waals surface area contributed by atoms with E-state index in [0.29, 0.717) is 0 Å². The summed E-state index contributed by atoms with van der Waals surface area (Å²) in [5.41, 5.74) is 5.13. The Kier molecular flexibility index (Phi) is 5.89. The van der Waals surface area contributed by atoms with Crippen LogP contribution in [0.2, 0.25) is 0 Å². The van der Waals surface area contributed by atoms with Gasteiger partial charge in [0.15, 0.2) is 0 Å². The SMILES string of the molecule is N=S(=O)(CCCC(F)(F)F)CC[C@H](N)C(=O)O. The first kappa shape index (κ1) is 16.2. The lowest BCUT2D eigenvalue weighted by molar-refractivity contribution is -0.138. The Hall–Kier alpha value is -0.830. The van der Waals surface area contributed by atoms with E-state index in [2.05, 4.69) is 0 Å². The molecule has 0 heterocycles. The van der Waals surface area contributed by atoms with Crippen molar-refractivity contribution in [1.82, 2.24) is 0 Å². The summed E-state index contributed by atoms with van der Waals surface area (Å²) >= 11 is 0. The number of nitrogens with one attached hydrogen (secondary N) is 1. The fourth-order valence-electron chi connectivity index (χ4n) is 1.05. The lowest BCUT2D eigenvalue weighted by Crippen LogP contribution is -2.32. The van der Waals surface area contributed by atoms with E-state index in [0.717, 1.165) is 0 Å². The Balaban J connectivity index is 4.01. The van der Waals surface area contributed by atoms with Crippen LogP contribution in [0.25, 0.3) is 0 Å². The number of hydrogen-bond acceptors (Lipinski definition) is 4. The Morgan fingerprint density at radius 3 is 2.35 bits per heavy atom. The predicted octanol–water partition coefficient (Wildman–Crippen LogP) is 1.18. The van der Waals surface area contributed by atoms with E-state index < -0.39 is 46.5 Å². The van der Waals surface area contributed by atoms with Crippen molar-refractivity contribution < 1.29 is 27.3 Å². The van der Waals surface area contributed by atoms with Crippen LogP contribution in [0.5, 0.6) is 0 Å². The molecule has 17 heavy (non-hydrogen) atoms. The van der Waals surface area contributed by atoms with Crippen molar-refractivity contribution >= 4 is 15.7 Å². The third-order valence-corrected chi connectivity index (χ3v) is 3.85. The van der Waals surface area contributed by atoms with Gasteiger partial charge in [0.2, 0.25) is 0 Å². The van der Waals surface area contributed by atoms with Gasteiger partial charge in [-0.05, 0) is 12.8 Å². The summed E-state index contributed by atoms with van der Waals surface area (Å²) in [6.45, 7) is 0. The van der Waals surface area contributed by atoms with E-state index in [4.69, 9.17) is 15.6 Å². The molecule has 0 fully saturated rings. The fourth-order valence-corrected chi connectivity index (χ4v) is 2.50. The number of aliphatic carboxylic acids is 1. The summed E-state index contributed by atoms with van der Waals surface area (Å²) in [5, 5.41) is 8.43. The standard InChI is InChI=1S/C8H15F3N2O3S/c9-8(10,11)3-1-4-17(13,16)5-2-6(12)7(14)15/h6,13H,1-5,12H2,(H,14,15)/t6-,17?/m0/s1. The molecule has 0 aromatic carbocycles. The van der Waals surface area contributed by atoms with Gasteiger partial charge >= 0.3 is 12.1 Å². The van der Waals surface area contributed by atoms with Gasteiger partial charge in [-0.15, -0.1) is 0 Å². The third-order valence-electron chi connectivity index (χ3n) is 2.01. The molecule has 0 radical (unpaired) electrons. The van der Waals surface area contributed by atoms with E-state index in [-0.39, 0.29) is 12.2 Å². The van der Waals surface area contributed by atoms with E-state index in [1.165, 1.54) is 0 Å². The summed E-state index contributed by atoms with van der Waals surface area (Å²) in [6, 6.07) is -1.23. The largest absolute Gasteiger partial charge is 0.480 e. The van der Waals surface area contributed by atoms with E-state index in [1.807, 2.05) is 0 Å². The summed E-state index contributed by atoms with van der Waals surface area (Å²) in [5.74, 6) is -1.97. The van der Waals surface area contributed by atoms with Crippen LogP contribution >= 0.6 is 0 Å². The highest BCUT2D eigenvalue weighted by atomic mass is 32.2. The van der Waals surface area contributed by atoms with Crippen molar-refractivity contribution in [2.24, 2.45) is 5.73 Å². The lowest BCUT2D eigenvalue weighted by atomic mass is 10.2. The second-order valence-electron chi connectivity index (χ2n) is 3.67. The van der Waals surface area contributed by atoms with E-state index in [1.54, 1.807) is 0 Å². The van der Waals surface area contributed by atoms with Gasteiger partial charge in [-0.3, -0.25) is 9.57 Å². The van der Waals surface area contributed by atoms with Crippen molar-refractivity contribution in [3.05, 3.63) is 0 Å². The highest BCUT2D eigenvalue weighted by Crippen LogP contribution is 2.21. The second kappa shape index (κ2) is 6.20. The molecule has 2 atom stereocenters. The Morgan fingerprint density at radius 1 is 1.41 bits per heavy atom. The number of carbonyl (C=O) groups is 1. The summed E-state index contributed by atoms with van der Waals surface area (Å²) < 4.78 is 54.1. The molecule has 4 N–H and O–H groups in total. The third kappa shape index (κ3) is 8.93. The molecule has 0 aromatic heterocycles. The quantitative estimate of drug-likeness (QED) is 0.649. The van der Waals surface area contributed by atoms with Gasteiger partial charge in [0.25, 0.3) is 0 Å². The molecule has 9 heteroatoms. The van der Waals surface area contributed by atoms with Gasteiger partial charge in [-0.25, -0.2) is 4.21 Å². The molecule has 0 spiro atoms. The molecule has 0 saturated heterocycles. The molecular formula is C8H15F3N2O3S. The molecule has 0 amide bonds. The normalized spacial score (nSPS) is 17.4. The van der Waals surface area contributed by atoms with Crippen molar-refractivity contribution in [1.29, 1.82) is 4.78 Å². The van der Waals surface area contributed by atoms with Crippen LogP contribution in [0.15, 0.2) is 0 Å². The van der Waals surface area contributed by atoms with Gasteiger partial charge in [0, 0.05) is 27.7 Å². The number of alkyl halides is 3. The van der Waals surface area contributed by atoms with Crippen molar-refractivity contribution in [3.63, 3.8) is 0 Å². The van der Waals surface area contributed by atoms with Gasteiger partial charge in [0.05, 0.1) is 0 Å². The topological polar surface area (TPSA) is 104 Å². The first-order valence-corrected chi connectivity index (χ1v) is 6.72. The van der Waals surface area contributed by atoms with Crippen LogP contribution in [-0.2, 0) is 14.5 Å². The number of carboxylic acids is 1. The van der Waals surface area contributed by atoms with Crippen LogP contribution in [-0.4, -0.2) is 39.0 Å². The minimum atomic E-state index is -4.33. The van der Waals surface area contributed by atoms with Gasteiger partial charge < -0.3 is 10.8 Å². The average molecular weight is 276 g/mol. The second-order valence-corrected chi connectivity index (χ2v) is 6.11.